The summed E-state index contributed by atoms with van der Waals surface area (Å²) in [5.41, 5.74) is 15.9. The van der Waals surface area contributed by atoms with E-state index in [1.165, 1.54) is 299 Å². The number of unbranched alkanes of at least 4 members (excludes halogenated alkanes) is 12. The van der Waals surface area contributed by atoms with Crippen LogP contribution in [0.15, 0.2) is 48.5 Å². The molecule has 4 aromatic carbocycles. The third-order valence-corrected chi connectivity index (χ3v) is 21.5. The quantitative estimate of drug-likeness (QED) is 0.0364. The zero-order chi connectivity index (χ0) is 66.8. The van der Waals surface area contributed by atoms with Crippen LogP contribution in [0.25, 0.3) is 0 Å². The van der Waals surface area contributed by atoms with Crippen LogP contribution in [0.2, 0.25) is 0 Å². The molecule has 5 rings (SSSR count). The summed E-state index contributed by atoms with van der Waals surface area (Å²) in [7, 11) is 7.78. The molecular formula is C84H144N4O4+4. The van der Waals surface area contributed by atoms with Crippen LogP contribution in [-0.2, 0) is 51.9 Å². The highest BCUT2D eigenvalue weighted by molar-refractivity contribution is 5.58. The van der Waals surface area contributed by atoms with Crippen molar-refractivity contribution in [1.29, 1.82) is 0 Å². The minimum absolute atomic E-state index is 0.717. The van der Waals surface area contributed by atoms with Gasteiger partial charge in [-0.05, 0) is 170 Å². The molecule has 8 nitrogen and oxygen atoms in total. The van der Waals surface area contributed by atoms with E-state index in [0.717, 1.165) is 92.8 Å². The van der Waals surface area contributed by atoms with Gasteiger partial charge in [0, 0.05) is 47.9 Å². The van der Waals surface area contributed by atoms with Gasteiger partial charge in [0.2, 0.25) is 0 Å². The Morgan fingerprint density at radius 3 is 0.435 bits per heavy atom. The maximum absolute atomic E-state index is 6.96. The third kappa shape index (κ3) is 23.1. The summed E-state index contributed by atoms with van der Waals surface area (Å²) in [6, 6.07) is 20.8. The monoisotopic (exact) mass is 1270 g/mol. The molecule has 0 saturated carbocycles. The van der Waals surface area contributed by atoms with Crippen LogP contribution in [0.1, 0.15) is 304 Å². The number of hydrogen-bond acceptors (Lipinski definition) is 4. The molecule has 8 bridgehead atoms. The van der Waals surface area contributed by atoms with E-state index in [1.807, 2.05) is 28.4 Å². The fourth-order valence-corrected chi connectivity index (χ4v) is 16.4. The van der Waals surface area contributed by atoms with Gasteiger partial charge in [0.1, 0.15) is 49.2 Å². The molecule has 0 heterocycles. The highest BCUT2D eigenvalue weighted by Gasteiger charge is 2.34. The Hall–Kier alpha value is -4.08. The molecule has 0 radical (unpaired) electrons. The zero-order valence-electron chi connectivity index (χ0n) is 63.2. The predicted molar refractivity (Wildman–Crippen MR) is 396 cm³/mol. The number of hydrogen-bond donors (Lipinski definition) is 0. The van der Waals surface area contributed by atoms with Crippen LogP contribution >= 0.6 is 0 Å². The van der Waals surface area contributed by atoms with E-state index < -0.39 is 0 Å². The molecule has 0 atom stereocenters. The van der Waals surface area contributed by atoms with Crippen LogP contribution in [0.5, 0.6) is 23.0 Å². The van der Waals surface area contributed by atoms with Gasteiger partial charge in [0.05, 0.1) is 107 Å². The van der Waals surface area contributed by atoms with E-state index in [9.17, 15) is 0 Å². The second-order valence-electron chi connectivity index (χ2n) is 29.4. The molecule has 0 unspecified atom stereocenters. The van der Waals surface area contributed by atoms with E-state index in [0.29, 0.717) is 0 Å². The minimum Gasteiger partial charge on any atom is -0.496 e. The van der Waals surface area contributed by atoms with E-state index in [2.05, 4.69) is 132 Å². The highest BCUT2D eigenvalue weighted by atomic mass is 16.5. The van der Waals surface area contributed by atoms with Gasteiger partial charge in [-0.1, -0.05) is 160 Å². The SMILES string of the molecule is CCCC[N+](CCCC)(CCCC)Cc1cc2c(OC)c(c1)Cc1cc(C[N+](CCCC)(CCCC)CCCC)cc(c1OC)Cc1cc(C[N+](CCCC)(CCCC)CCCC)cc(c1OC)Cc1cc(C[N+](CCCC)(CCCC)CCCC)cc(c1OC)C2. The summed E-state index contributed by atoms with van der Waals surface area (Å²) in [6.45, 7) is 47.3. The Bertz CT molecular complexity index is 2170. The molecule has 0 saturated heterocycles. The second kappa shape index (κ2) is 41.8. The maximum Gasteiger partial charge on any atom is 0.125 e. The lowest BCUT2D eigenvalue weighted by atomic mass is 9.87. The van der Waals surface area contributed by atoms with Gasteiger partial charge in [0.15, 0.2) is 0 Å². The first kappa shape index (κ1) is 78.6. The Kier molecular flexibility index (Phi) is 35.7. The van der Waals surface area contributed by atoms with Gasteiger partial charge in [-0.25, -0.2) is 0 Å². The summed E-state index contributed by atoms with van der Waals surface area (Å²) < 4.78 is 32.4. The number of nitrogens with zero attached hydrogens (tertiary/aromatic N) is 4. The standard InChI is InChI=1S/C84H144N4O4/c1-17-29-41-85(42-30-18-2,43-31-19-3)65-69-53-73-61-75-55-70(66-86(44-32-20-4,45-33-21-5)46-34-22-6)57-77(82(75)90-14)63-79-59-72(68-88(50-38-26-10,51-39-27-11)52-40-28-12)60-80(84(79)92-16)64-78-58-71(56-76(83(78)91-15)62-74(54-69)81(73)89-13)67-87(47-35-23-7,48-36-24-8)49-37-25-9/h53-60H,17-52,61-68H2,1-16H3/q+4. The fourth-order valence-electron chi connectivity index (χ4n) is 16.4. The number of ether oxygens (including phenoxy) is 4. The van der Waals surface area contributed by atoms with Gasteiger partial charge in [-0.15, -0.1) is 0 Å². The van der Waals surface area contributed by atoms with Crippen molar-refractivity contribution in [3.05, 3.63) is 115 Å². The van der Waals surface area contributed by atoms with Gasteiger partial charge < -0.3 is 36.9 Å². The van der Waals surface area contributed by atoms with Crippen molar-refractivity contribution in [2.75, 3.05) is 107 Å². The predicted octanol–water partition coefficient (Wildman–Crippen LogP) is 21.3. The largest absolute Gasteiger partial charge is 0.496 e. The zero-order valence-corrected chi connectivity index (χ0v) is 63.2. The molecule has 0 N–H and O–H groups in total. The maximum atomic E-state index is 6.96. The first-order valence-electron chi connectivity index (χ1n) is 38.9. The van der Waals surface area contributed by atoms with Crippen molar-refractivity contribution in [2.45, 2.75) is 289 Å². The molecule has 0 aromatic heterocycles. The average molecular weight is 1270 g/mol. The minimum atomic E-state index is 0.717. The first-order chi connectivity index (χ1) is 44.7. The number of methoxy groups -OCH3 is 4. The van der Waals surface area contributed by atoms with Crippen LogP contribution in [0.3, 0.4) is 0 Å². The molecule has 0 amide bonds. The second-order valence-corrected chi connectivity index (χ2v) is 29.4. The Morgan fingerprint density at radius 1 is 0.217 bits per heavy atom. The molecule has 1 aliphatic carbocycles. The van der Waals surface area contributed by atoms with Crippen molar-refractivity contribution in [1.82, 2.24) is 0 Å². The molecule has 8 heteroatoms. The summed E-state index contributed by atoms with van der Waals surface area (Å²) >= 11 is 0. The lowest BCUT2D eigenvalue weighted by Crippen LogP contribution is -2.49. The number of quaternary nitrogens is 4. The molecule has 520 valence electrons. The molecule has 0 spiro atoms. The molecule has 0 aliphatic heterocycles. The van der Waals surface area contributed by atoms with Gasteiger partial charge in [-0.2, -0.15) is 0 Å². The van der Waals surface area contributed by atoms with Gasteiger partial charge in [-0.3, -0.25) is 0 Å². The van der Waals surface area contributed by atoms with Crippen molar-refractivity contribution in [2.24, 2.45) is 0 Å². The van der Waals surface area contributed by atoms with E-state index >= 15 is 0 Å². The first-order valence-corrected chi connectivity index (χ1v) is 38.9. The van der Waals surface area contributed by atoms with Crippen LogP contribution in [-0.4, -0.2) is 125 Å². The summed E-state index contributed by atoms with van der Waals surface area (Å²) in [6.07, 6.45) is 32.4. The topological polar surface area (TPSA) is 36.9 Å². The summed E-state index contributed by atoms with van der Waals surface area (Å²) in [4.78, 5) is 0. The summed E-state index contributed by atoms with van der Waals surface area (Å²) in [5, 5.41) is 0. The molecule has 4 aromatic rings. The van der Waals surface area contributed by atoms with E-state index in [4.69, 9.17) is 18.9 Å². The summed E-state index contributed by atoms with van der Waals surface area (Å²) in [5.74, 6) is 4.07. The normalized spacial score (nSPS) is 13.0. The van der Waals surface area contributed by atoms with Crippen LogP contribution in [0.4, 0.5) is 0 Å². The van der Waals surface area contributed by atoms with Crippen molar-refractivity contribution < 1.29 is 36.9 Å². The molecule has 0 fully saturated rings. The third-order valence-electron chi connectivity index (χ3n) is 21.5. The number of fused-ring (bicyclic) bond motifs is 8. The van der Waals surface area contributed by atoms with Gasteiger partial charge >= 0.3 is 0 Å². The molecular weight excluding hydrogens is 1130 g/mol. The van der Waals surface area contributed by atoms with Crippen LogP contribution < -0.4 is 18.9 Å². The Morgan fingerprint density at radius 2 is 0.337 bits per heavy atom. The van der Waals surface area contributed by atoms with Crippen molar-refractivity contribution >= 4 is 0 Å². The van der Waals surface area contributed by atoms with Gasteiger partial charge in [0.25, 0.3) is 0 Å². The van der Waals surface area contributed by atoms with Crippen molar-refractivity contribution in [3.8, 4) is 23.0 Å². The Balaban J connectivity index is 2.04. The molecule has 1 aliphatic rings. The lowest BCUT2D eigenvalue weighted by Gasteiger charge is -2.40. The fraction of sp³-hybridized carbons (Fsp3) is 0.714. The average Bonchev–Trinajstić information content (AvgIpc) is 0.815. The number of benzene rings is 4. The lowest BCUT2D eigenvalue weighted by molar-refractivity contribution is -0.941. The van der Waals surface area contributed by atoms with Crippen LogP contribution in [0, 0.1) is 0 Å². The molecule has 92 heavy (non-hydrogen) atoms. The highest BCUT2D eigenvalue weighted by Crippen LogP contribution is 2.43. The smallest absolute Gasteiger partial charge is 0.125 e. The Labute approximate surface area is 568 Å². The van der Waals surface area contributed by atoms with E-state index in [1.54, 1.807) is 0 Å². The van der Waals surface area contributed by atoms with E-state index in [-0.39, 0.29) is 0 Å². The number of rotatable bonds is 48. The van der Waals surface area contributed by atoms with Crippen molar-refractivity contribution in [3.63, 3.8) is 0 Å².